The van der Waals surface area contributed by atoms with E-state index in [1.165, 1.54) is 5.57 Å². The van der Waals surface area contributed by atoms with Crippen molar-refractivity contribution in [2.45, 2.75) is 32.7 Å². The highest BCUT2D eigenvalue weighted by atomic mass is 16.5. The number of carbonyl (C=O) groups is 1. The predicted molar refractivity (Wildman–Crippen MR) is 122 cm³/mol. The Bertz CT molecular complexity index is 1170. The second-order valence-corrected chi connectivity index (χ2v) is 7.40. The van der Waals surface area contributed by atoms with Crippen LogP contribution in [0.1, 0.15) is 26.7 Å². The number of rotatable bonds is 5. The molecular formula is C24H25N5O2. The Morgan fingerprint density at radius 1 is 1.26 bits per heavy atom. The molecule has 1 aliphatic heterocycles. The van der Waals surface area contributed by atoms with Gasteiger partial charge in [-0.2, -0.15) is 0 Å². The number of hydrogen-bond acceptors (Lipinski definition) is 6. The second-order valence-electron chi connectivity index (χ2n) is 7.40. The normalized spacial score (nSPS) is 18.2. The lowest BCUT2D eigenvalue weighted by Gasteiger charge is -2.24. The zero-order valence-electron chi connectivity index (χ0n) is 17.8. The molecule has 0 saturated carbocycles. The highest BCUT2D eigenvalue weighted by molar-refractivity contribution is 5.92. The van der Waals surface area contributed by atoms with Crippen LogP contribution in [-0.4, -0.2) is 34.0 Å². The van der Waals surface area contributed by atoms with Gasteiger partial charge in [-0.05, 0) is 62.2 Å². The molecule has 7 nitrogen and oxygen atoms in total. The first kappa shape index (κ1) is 20.5. The Kier molecular flexibility index (Phi) is 5.93. The topological polar surface area (TPSA) is 89.0 Å². The minimum Gasteiger partial charge on any atom is -0.497 e. The van der Waals surface area contributed by atoms with Crippen LogP contribution in [0.25, 0.3) is 22.3 Å². The summed E-state index contributed by atoms with van der Waals surface area (Å²) >= 11 is 0. The molecular weight excluding hydrogens is 390 g/mol. The summed E-state index contributed by atoms with van der Waals surface area (Å²) in [6, 6.07) is 9.54. The van der Waals surface area contributed by atoms with Crippen LogP contribution in [-0.2, 0) is 4.79 Å². The van der Waals surface area contributed by atoms with Gasteiger partial charge < -0.3 is 15.4 Å². The number of anilines is 1. The van der Waals surface area contributed by atoms with Crippen LogP contribution in [0.15, 0.2) is 66.1 Å². The summed E-state index contributed by atoms with van der Waals surface area (Å²) in [6.45, 7) is 3.97. The van der Waals surface area contributed by atoms with Crippen molar-refractivity contribution in [2.75, 3.05) is 12.4 Å². The van der Waals surface area contributed by atoms with E-state index < -0.39 is 0 Å². The number of nitrogens with zero attached hydrogens (tertiary/aromatic N) is 3. The van der Waals surface area contributed by atoms with E-state index in [0.29, 0.717) is 18.1 Å². The van der Waals surface area contributed by atoms with Crippen LogP contribution < -0.4 is 15.4 Å². The molecule has 158 valence electrons. The summed E-state index contributed by atoms with van der Waals surface area (Å²) in [6.07, 6.45) is 8.80. The molecule has 1 unspecified atom stereocenters. The molecule has 2 aromatic heterocycles. The fourth-order valence-electron chi connectivity index (χ4n) is 3.56. The molecule has 3 heterocycles. The summed E-state index contributed by atoms with van der Waals surface area (Å²) in [5.74, 6) is 2.10. The summed E-state index contributed by atoms with van der Waals surface area (Å²) < 4.78 is 5.41. The minimum atomic E-state index is 0.00573. The second kappa shape index (κ2) is 8.95. The molecule has 1 aromatic carbocycles. The van der Waals surface area contributed by atoms with Gasteiger partial charge in [-0.15, -0.1) is 0 Å². The van der Waals surface area contributed by atoms with E-state index in [2.05, 4.69) is 21.7 Å². The number of pyridine rings is 1. The number of piperidine rings is 1. The van der Waals surface area contributed by atoms with E-state index >= 15 is 0 Å². The van der Waals surface area contributed by atoms with Crippen molar-refractivity contribution in [2.24, 2.45) is 0 Å². The number of allylic oxidation sites excluding steroid dienone is 2. The molecule has 0 radical (unpaired) electrons. The zero-order chi connectivity index (χ0) is 21.8. The van der Waals surface area contributed by atoms with E-state index in [9.17, 15) is 4.79 Å². The van der Waals surface area contributed by atoms with Gasteiger partial charge in [-0.3, -0.25) is 9.78 Å². The van der Waals surface area contributed by atoms with E-state index in [0.717, 1.165) is 34.3 Å². The van der Waals surface area contributed by atoms with E-state index in [1.807, 2.05) is 50.3 Å². The number of methoxy groups -OCH3 is 1. The molecule has 31 heavy (non-hydrogen) atoms. The fourth-order valence-corrected chi connectivity index (χ4v) is 3.56. The fraction of sp³-hybridized carbons (Fsp3) is 0.250. The quantitative estimate of drug-likeness (QED) is 0.648. The molecule has 7 heteroatoms. The number of carbonyl (C=O) groups excluding carboxylic acids is 1. The van der Waals surface area contributed by atoms with Crippen LogP contribution >= 0.6 is 0 Å². The van der Waals surface area contributed by atoms with Gasteiger partial charge in [0.05, 0.1) is 12.6 Å². The number of fused-ring (bicyclic) bond motifs is 1. The first-order valence-corrected chi connectivity index (χ1v) is 10.3. The number of hydrogen-bond donors (Lipinski definition) is 2. The molecule has 1 aliphatic rings. The van der Waals surface area contributed by atoms with Crippen molar-refractivity contribution >= 4 is 22.6 Å². The maximum absolute atomic E-state index is 11.6. The van der Waals surface area contributed by atoms with Crippen LogP contribution in [0.4, 0.5) is 5.82 Å². The molecule has 0 aliphatic carbocycles. The van der Waals surface area contributed by atoms with E-state index in [-0.39, 0.29) is 11.9 Å². The summed E-state index contributed by atoms with van der Waals surface area (Å²) in [4.78, 5) is 25.4. The number of ether oxygens (including phenoxy) is 1. The van der Waals surface area contributed by atoms with Crippen LogP contribution in [0.5, 0.6) is 5.75 Å². The SMILES string of the molecule is C/C=C(\C=C1\CCC(=O)NC1C)Nc1nc(-c2cccnc2)nc2ccc(OC)cc12. The van der Waals surface area contributed by atoms with Crippen molar-refractivity contribution in [3.05, 3.63) is 66.1 Å². The van der Waals surface area contributed by atoms with Gasteiger partial charge in [0.15, 0.2) is 5.82 Å². The molecule has 0 spiro atoms. The summed E-state index contributed by atoms with van der Waals surface area (Å²) in [7, 11) is 1.64. The average Bonchev–Trinajstić information content (AvgIpc) is 2.80. The van der Waals surface area contributed by atoms with Gasteiger partial charge in [-0.1, -0.05) is 6.08 Å². The van der Waals surface area contributed by atoms with Crippen LogP contribution in [0.3, 0.4) is 0 Å². The Morgan fingerprint density at radius 3 is 2.84 bits per heavy atom. The molecule has 2 N–H and O–H groups in total. The highest BCUT2D eigenvalue weighted by Gasteiger charge is 2.19. The number of aromatic nitrogens is 3. The van der Waals surface area contributed by atoms with E-state index in [4.69, 9.17) is 14.7 Å². The smallest absolute Gasteiger partial charge is 0.220 e. The first-order chi connectivity index (χ1) is 15.1. The highest BCUT2D eigenvalue weighted by Crippen LogP contribution is 2.29. The van der Waals surface area contributed by atoms with Crippen LogP contribution in [0, 0.1) is 0 Å². The Morgan fingerprint density at radius 2 is 2.13 bits per heavy atom. The maximum atomic E-state index is 11.6. The molecule has 1 fully saturated rings. The van der Waals surface area contributed by atoms with Gasteiger partial charge >= 0.3 is 0 Å². The maximum Gasteiger partial charge on any atom is 0.220 e. The lowest BCUT2D eigenvalue weighted by atomic mass is 9.97. The van der Waals surface area contributed by atoms with Crippen molar-refractivity contribution in [3.8, 4) is 17.1 Å². The summed E-state index contributed by atoms with van der Waals surface area (Å²) in [5.41, 5.74) is 3.72. The largest absolute Gasteiger partial charge is 0.497 e. The molecule has 1 saturated heterocycles. The van der Waals surface area contributed by atoms with Gasteiger partial charge in [0.2, 0.25) is 5.91 Å². The van der Waals surface area contributed by atoms with E-state index in [1.54, 1.807) is 19.5 Å². The Balaban J connectivity index is 1.76. The Labute approximate surface area is 181 Å². The number of amides is 1. The standard InChI is InChI=1S/C24H25N5O2/c1-4-18(12-16-7-10-22(30)26-15(16)2)27-24-20-13-19(31-3)8-9-21(20)28-23(29-24)17-6-5-11-25-14-17/h4-6,8-9,11-15H,7,10H2,1-3H3,(H,26,30)(H,27,28,29)/b16-12-,18-4+. The third-order valence-corrected chi connectivity index (χ3v) is 5.31. The monoisotopic (exact) mass is 415 g/mol. The summed E-state index contributed by atoms with van der Waals surface area (Å²) in [5, 5.41) is 7.30. The molecule has 1 atom stereocenters. The van der Waals surface area contributed by atoms with Crippen molar-refractivity contribution in [1.29, 1.82) is 0 Å². The van der Waals surface area contributed by atoms with Gasteiger partial charge in [-0.25, -0.2) is 9.97 Å². The first-order valence-electron chi connectivity index (χ1n) is 10.3. The Hall–Kier alpha value is -3.74. The van der Waals surface area contributed by atoms with Crippen molar-refractivity contribution in [3.63, 3.8) is 0 Å². The molecule has 4 rings (SSSR count). The third-order valence-electron chi connectivity index (χ3n) is 5.31. The molecule has 0 bridgehead atoms. The number of benzene rings is 1. The van der Waals surface area contributed by atoms with Gasteiger partial charge in [0, 0.05) is 41.5 Å². The van der Waals surface area contributed by atoms with Crippen molar-refractivity contribution in [1.82, 2.24) is 20.3 Å². The average molecular weight is 415 g/mol. The van der Waals surface area contributed by atoms with Crippen LogP contribution in [0.2, 0.25) is 0 Å². The van der Waals surface area contributed by atoms with Gasteiger partial charge in [0.1, 0.15) is 11.6 Å². The lowest BCUT2D eigenvalue weighted by Crippen LogP contribution is -2.38. The van der Waals surface area contributed by atoms with Crippen molar-refractivity contribution < 1.29 is 9.53 Å². The molecule has 1 amide bonds. The number of nitrogens with one attached hydrogen (secondary N) is 2. The van der Waals surface area contributed by atoms with Gasteiger partial charge in [0.25, 0.3) is 0 Å². The third kappa shape index (κ3) is 4.55. The predicted octanol–water partition coefficient (Wildman–Crippen LogP) is 4.24. The minimum absolute atomic E-state index is 0.00573. The lowest BCUT2D eigenvalue weighted by molar-refractivity contribution is -0.122. The zero-order valence-corrected chi connectivity index (χ0v) is 17.8. The molecule has 3 aromatic rings.